The fourth-order valence-corrected chi connectivity index (χ4v) is 2.85. The summed E-state index contributed by atoms with van der Waals surface area (Å²) in [6.07, 6.45) is 0.920. The second-order valence-corrected chi connectivity index (χ2v) is 4.99. The molecular weight excluding hydrogens is 255 g/mol. The normalized spacial score (nSPS) is 13.5. The minimum atomic E-state index is -0.257. The molecule has 0 atom stereocenters. The zero-order chi connectivity index (χ0) is 13.7. The number of imidazole rings is 1. The van der Waals surface area contributed by atoms with Crippen LogP contribution in [0.5, 0.6) is 5.75 Å². The van der Waals surface area contributed by atoms with Crippen molar-refractivity contribution in [3.05, 3.63) is 53.6 Å². The van der Waals surface area contributed by atoms with Crippen LogP contribution in [0, 0.1) is 12.7 Å². The summed E-state index contributed by atoms with van der Waals surface area (Å²) in [6.45, 7) is 2.62. The molecule has 0 N–H and O–H groups in total. The van der Waals surface area contributed by atoms with E-state index < -0.39 is 0 Å². The third kappa shape index (κ3) is 1.54. The number of halogens is 1. The Labute approximate surface area is 115 Å². The lowest BCUT2D eigenvalue weighted by Crippen LogP contribution is -2.00. The van der Waals surface area contributed by atoms with Gasteiger partial charge in [0.25, 0.3) is 0 Å². The Balaban J connectivity index is 2.06. The molecule has 0 saturated carbocycles. The molecule has 0 amide bonds. The first-order valence-corrected chi connectivity index (χ1v) is 6.64. The predicted octanol–water partition coefficient (Wildman–Crippen LogP) is 3.41. The summed E-state index contributed by atoms with van der Waals surface area (Å²) in [5.74, 6) is 1.46. The van der Waals surface area contributed by atoms with Gasteiger partial charge in [0.1, 0.15) is 17.4 Å². The van der Waals surface area contributed by atoms with Crippen molar-refractivity contribution in [1.82, 2.24) is 9.55 Å². The number of para-hydroxylation sites is 1. The lowest BCUT2D eigenvalue weighted by atomic mass is 10.1. The number of benzene rings is 2. The summed E-state index contributed by atoms with van der Waals surface area (Å²) >= 11 is 0. The van der Waals surface area contributed by atoms with E-state index in [0.29, 0.717) is 6.61 Å². The van der Waals surface area contributed by atoms with E-state index in [1.165, 1.54) is 17.7 Å². The van der Waals surface area contributed by atoms with Crippen molar-refractivity contribution >= 4 is 11.0 Å². The lowest BCUT2D eigenvalue weighted by molar-refractivity contribution is 0.355. The Morgan fingerprint density at radius 3 is 3.05 bits per heavy atom. The predicted molar refractivity (Wildman–Crippen MR) is 75.0 cm³/mol. The van der Waals surface area contributed by atoms with E-state index in [1.54, 1.807) is 6.07 Å². The average molecular weight is 268 g/mol. The maximum atomic E-state index is 13.5. The lowest BCUT2D eigenvalue weighted by Gasteiger charge is -2.11. The molecule has 2 aromatic carbocycles. The highest BCUT2D eigenvalue weighted by atomic mass is 19.1. The van der Waals surface area contributed by atoms with E-state index in [0.717, 1.165) is 34.7 Å². The van der Waals surface area contributed by atoms with Crippen LogP contribution in [-0.2, 0) is 6.42 Å². The zero-order valence-corrected chi connectivity index (χ0v) is 11.1. The van der Waals surface area contributed by atoms with Crippen molar-refractivity contribution in [1.29, 1.82) is 0 Å². The topological polar surface area (TPSA) is 27.1 Å². The van der Waals surface area contributed by atoms with Gasteiger partial charge in [-0.25, -0.2) is 9.37 Å². The number of ether oxygens (including phenoxy) is 1. The van der Waals surface area contributed by atoms with E-state index >= 15 is 0 Å². The molecule has 0 aliphatic carbocycles. The summed E-state index contributed by atoms with van der Waals surface area (Å²) in [5.41, 5.74) is 3.69. The number of aromatic nitrogens is 2. The molecule has 20 heavy (non-hydrogen) atoms. The number of fused-ring (bicyclic) bond motifs is 2. The van der Waals surface area contributed by atoms with Crippen LogP contribution in [0.15, 0.2) is 36.4 Å². The molecule has 3 nitrogen and oxygen atoms in total. The monoisotopic (exact) mass is 268 g/mol. The van der Waals surface area contributed by atoms with Crippen molar-refractivity contribution in [2.24, 2.45) is 0 Å². The molecular formula is C16H13FN2O. The Kier molecular flexibility index (Phi) is 2.33. The smallest absolute Gasteiger partial charge is 0.146 e. The van der Waals surface area contributed by atoms with Gasteiger partial charge in [-0.1, -0.05) is 12.1 Å². The molecule has 1 aromatic heterocycles. The van der Waals surface area contributed by atoms with Gasteiger partial charge in [0.2, 0.25) is 0 Å². The number of aryl methyl sites for hydroxylation is 1. The van der Waals surface area contributed by atoms with Gasteiger partial charge in [-0.05, 0) is 30.7 Å². The molecule has 4 heteroatoms. The van der Waals surface area contributed by atoms with Crippen LogP contribution in [0.3, 0.4) is 0 Å². The second-order valence-electron chi connectivity index (χ2n) is 4.99. The second kappa shape index (κ2) is 4.07. The minimum Gasteiger partial charge on any atom is -0.491 e. The minimum absolute atomic E-state index is 0.257. The first-order chi connectivity index (χ1) is 9.74. The van der Waals surface area contributed by atoms with Gasteiger partial charge in [-0.15, -0.1) is 0 Å². The van der Waals surface area contributed by atoms with Gasteiger partial charge in [-0.3, -0.25) is 4.57 Å². The molecule has 0 bridgehead atoms. The maximum absolute atomic E-state index is 13.5. The van der Waals surface area contributed by atoms with Crippen LogP contribution in [-0.4, -0.2) is 16.2 Å². The molecule has 0 unspecified atom stereocenters. The quantitative estimate of drug-likeness (QED) is 0.676. The summed E-state index contributed by atoms with van der Waals surface area (Å²) in [4.78, 5) is 4.50. The molecule has 1 aliphatic heterocycles. The first kappa shape index (κ1) is 11.5. The number of rotatable bonds is 1. The number of nitrogens with zero attached hydrogens (tertiary/aromatic N) is 2. The molecule has 0 fully saturated rings. The van der Waals surface area contributed by atoms with E-state index in [4.69, 9.17) is 4.74 Å². The standard InChI is InChI=1S/C16H13FN2O/c1-10-18-13-6-5-12(17)9-15(13)19(10)14-4-2-3-11-7-8-20-16(11)14/h2-6,9H,7-8H2,1H3. The molecule has 0 saturated heterocycles. The van der Waals surface area contributed by atoms with E-state index in [1.807, 2.05) is 23.6 Å². The molecule has 0 radical (unpaired) electrons. The van der Waals surface area contributed by atoms with Crippen molar-refractivity contribution in [2.45, 2.75) is 13.3 Å². The molecule has 1 aliphatic rings. The Morgan fingerprint density at radius 2 is 2.15 bits per heavy atom. The van der Waals surface area contributed by atoms with Crippen LogP contribution in [0.2, 0.25) is 0 Å². The molecule has 100 valence electrons. The maximum Gasteiger partial charge on any atom is 0.146 e. The molecule has 0 spiro atoms. The van der Waals surface area contributed by atoms with Crippen LogP contribution >= 0.6 is 0 Å². The van der Waals surface area contributed by atoms with Crippen molar-refractivity contribution in [3.8, 4) is 11.4 Å². The summed E-state index contributed by atoms with van der Waals surface area (Å²) in [5, 5.41) is 0. The third-order valence-corrected chi connectivity index (χ3v) is 3.72. The SMILES string of the molecule is Cc1nc2ccc(F)cc2n1-c1cccc2c1OCC2. The van der Waals surface area contributed by atoms with Crippen LogP contribution in [0.1, 0.15) is 11.4 Å². The van der Waals surface area contributed by atoms with Gasteiger partial charge >= 0.3 is 0 Å². The van der Waals surface area contributed by atoms with Gasteiger partial charge in [-0.2, -0.15) is 0 Å². The highest BCUT2D eigenvalue weighted by Crippen LogP contribution is 2.34. The largest absolute Gasteiger partial charge is 0.491 e. The molecule has 2 heterocycles. The van der Waals surface area contributed by atoms with Crippen LogP contribution in [0.25, 0.3) is 16.7 Å². The molecule has 3 aromatic rings. The van der Waals surface area contributed by atoms with Gasteiger partial charge in [0.05, 0.1) is 23.3 Å². The van der Waals surface area contributed by atoms with Crippen LogP contribution in [0.4, 0.5) is 4.39 Å². The fourth-order valence-electron chi connectivity index (χ4n) is 2.85. The van der Waals surface area contributed by atoms with Crippen molar-refractivity contribution in [2.75, 3.05) is 6.61 Å². The Bertz CT molecular complexity index is 823. The fraction of sp³-hybridized carbons (Fsp3) is 0.188. The number of hydrogen-bond acceptors (Lipinski definition) is 2. The summed E-state index contributed by atoms with van der Waals surface area (Å²) < 4.78 is 21.2. The molecule has 4 rings (SSSR count). The highest BCUT2D eigenvalue weighted by Gasteiger charge is 2.20. The first-order valence-electron chi connectivity index (χ1n) is 6.64. The van der Waals surface area contributed by atoms with Crippen molar-refractivity contribution < 1.29 is 9.13 Å². The van der Waals surface area contributed by atoms with Gasteiger partial charge in [0.15, 0.2) is 0 Å². The van der Waals surface area contributed by atoms with E-state index in [-0.39, 0.29) is 5.82 Å². The van der Waals surface area contributed by atoms with Crippen LogP contribution < -0.4 is 4.74 Å². The average Bonchev–Trinajstić information content (AvgIpc) is 3.02. The van der Waals surface area contributed by atoms with E-state index in [2.05, 4.69) is 11.1 Å². The Hall–Kier alpha value is -2.36. The van der Waals surface area contributed by atoms with Gasteiger partial charge < -0.3 is 4.74 Å². The third-order valence-electron chi connectivity index (χ3n) is 3.72. The number of hydrogen-bond donors (Lipinski definition) is 0. The highest BCUT2D eigenvalue weighted by molar-refractivity contribution is 5.79. The summed E-state index contributed by atoms with van der Waals surface area (Å²) in [6, 6.07) is 10.7. The summed E-state index contributed by atoms with van der Waals surface area (Å²) in [7, 11) is 0. The Morgan fingerprint density at radius 1 is 1.25 bits per heavy atom. The van der Waals surface area contributed by atoms with Crippen molar-refractivity contribution in [3.63, 3.8) is 0 Å². The zero-order valence-electron chi connectivity index (χ0n) is 11.1. The van der Waals surface area contributed by atoms with Gasteiger partial charge in [0, 0.05) is 12.5 Å². The van der Waals surface area contributed by atoms with E-state index in [9.17, 15) is 4.39 Å².